The van der Waals surface area contributed by atoms with Gasteiger partial charge < -0.3 is 5.32 Å². The number of nitriles is 1. The van der Waals surface area contributed by atoms with Crippen molar-refractivity contribution in [1.82, 2.24) is 20.1 Å². The van der Waals surface area contributed by atoms with Crippen molar-refractivity contribution < 1.29 is 9.59 Å². The molecule has 1 N–H and O–H groups in total. The predicted octanol–water partition coefficient (Wildman–Crippen LogP) is 0.644. The van der Waals surface area contributed by atoms with Gasteiger partial charge in [0.15, 0.2) is 11.7 Å². The van der Waals surface area contributed by atoms with Gasteiger partial charge in [-0.15, -0.1) is 0 Å². The van der Waals surface area contributed by atoms with Gasteiger partial charge in [-0.2, -0.15) is 10.4 Å². The van der Waals surface area contributed by atoms with Gasteiger partial charge in [-0.1, -0.05) is 0 Å². The SMILES string of the molecule is CNC(=O)C(C#N)C(=O)c1ccc(-n2cncn2)cc1C. The Bertz CT molecular complexity index is 715. The van der Waals surface area contributed by atoms with E-state index in [0.717, 1.165) is 5.69 Å². The lowest BCUT2D eigenvalue weighted by atomic mass is 9.94. The third-order valence-corrected chi connectivity index (χ3v) is 3.06. The number of rotatable bonds is 4. The highest BCUT2D eigenvalue weighted by Gasteiger charge is 2.27. The molecule has 0 spiro atoms. The number of benzene rings is 1. The first-order chi connectivity index (χ1) is 10.1. The predicted molar refractivity (Wildman–Crippen MR) is 73.6 cm³/mol. The molecular weight excluding hydrogens is 270 g/mol. The maximum Gasteiger partial charge on any atom is 0.245 e. The molecule has 1 amide bonds. The highest BCUT2D eigenvalue weighted by molar-refractivity contribution is 6.12. The average Bonchev–Trinajstić information content (AvgIpc) is 3.01. The number of nitrogens with one attached hydrogen (secondary N) is 1. The molecule has 0 aliphatic carbocycles. The number of nitrogens with zero attached hydrogens (tertiary/aromatic N) is 4. The number of hydrogen-bond donors (Lipinski definition) is 1. The normalized spacial score (nSPS) is 11.5. The summed E-state index contributed by atoms with van der Waals surface area (Å²) >= 11 is 0. The van der Waals surface area contributed by atoms with Crippen LogP contribution in [0.3, 0.4) is 0 Å². The molecular formula is C14H13N5O2. The van der Waals surface area contributed by atoms with Crippen molar-refractivity contribution in [3.8, 4) is 11.8 Å². The standard InChI is InChI=1S/C14H13N5O2/c1-9-5-10(19-8-17-7-18-19)3-4-11(9)13(20)12(6-15)14(21)16-2/h3-5,7-8,12H,1-2H3,(H,16,21). The Balaban J connectivity index is 2.35. The van der Waals surface area contributed by atoms with Crippen molar-refractivity contribution in [2.45, 2.75) is 6.92 Å². The largest absolute Gasteiger partial charge is 0.358 e. The lowest BCUT2D eigenvalue weighted by Crippen LogP contribution is -2.32. The molecule has 0 saturated carbocycles. The van der Waals surface area contributed by atoms with Crippen LogP contribution in [0.1, 0.15) is 15.9 Å². The zero-order chi connectivity index (χ0) is 15.4. The lowest BCUT2D eigenvalue weighted by molar-refractivity contribution is -0.121. The molecule has 1 aromatic heterocycles. The number of Topliss-reactive ketones (excluding diaryl/α,β-unsaturated/α-hetero) is 1. The minimum atomic E-state index is -1.34. The number of carbonyl (C=O) groups excluding carboxylic acids is 2. The van der Waals surface area contributed by atoms with E-state index in [2.05, 4.69) is 15.4 Å². The molecule has 7 nitrogen and oxygen atoms in total. The van der Waals surface area contributed by atoms with Crippen molar-refractivity contribution in [2.75, 3.05) is 7.05 Å². The fourth-order valence-corrected chi connectivity index (χ4v) is 1.94. The Kier molecular flexibility index (Phi) is 4.09. The first-order valence-corrected chi connectivity index (χ1v) is 6.19. The molecule has 1 aromatic carbocycles. The van der Waals surface area contributed by atoms with Crippen LogP contribution in [-0.2, 0) is 4.79 Å². The van der Waals surface area contributed by atoms with Crippen LogP contribution in [-0.4, -0.2) is 33.5 Å². The van der Waals surface area contributed by atoms with Crippen LogP contribution in [0.4, 0.5) is 0 Å². The van der Waals surface area contributed by atoms with Crippen LogP contribution in [0.5, 0.6) is 0 Å². The van der Waals surface area contributed by atoms with Crippen molar-refractivity contribution in [2.24, 2.45) is 5.92 Å². The third kappa shape index (κ3) is 2.79. The molecule has 0 saturated heterocycles. The van der Waals surface area contributed by atoms with Crippen molar-refractivity contribution in [3.05, 3.63) is 42.0 Å². The molecule has 7 heteroatoms. The van der Waals surface area contributed by atoms with Crippen LogP contribution >= 0.6 is 0 Å². The van der Waals surface area contributed by atoms with E-state index in [-0.39, 0.29) is 0 Å². The van der Waals surface area contributed by atoms with E-state index in [1.54, 1.807) is 42.2 Å². The van der Waals surface area contributed by atoms with Gasteiger partial charge in [0.2, 0.25) is 5.91 Å². The molecule has 0 aliphatic rings. The Hall–Kier alpha value is -3.01. The fourth-order valence-electron chi connectivity index (χ4n) is 1.94. The fraction of sp³-hybridized carbons (Fsp3) is 0.214. The second-order valence-electron chi connectivity index (χ2n) is 4.38. The topological polar surface area (TPSA) is 101 Å². The number of aryl methyl sites for hydroxylation is 1. The Morgan fingerprint density at radius 1 is 1.43 bits per heavy atom. The molecule has 1 atom stereocenters. The smallest absolute Gasteiger partial charge is 0.245 e. The van der Waals surface area contributed by atoms with Crippen molar-refractivity contribution in [3.63, 3.8) is 0 Å². The molecule has 0 bridgehead atoms. The molecule has 21 heavy (non-hydrogen) atoms. The third-order valence-electron chi connectivity index (χ3n) is 3.06. The Labute approximate surface area is 121 Å². The van der Waals surface area contributed by atoms with E-state index in [1.165, 1.54) is 13.4 Å². The number of aromatic nitrogens is 3. The van der Waals surface area contributed by atoms with E-state index >= 15 is 0 Å². The zero-order valence-corrected chi connectivity index (χ0v) is 11.6. The Morgan fingerprint density at radius 2 is 2.19 bits per heavy atom. The van der Waals surface area contributed by atoms with Gasteiger partial charge in [0.25, 0.3) is 0 Å². The highest BCUT2D eigenvalue weighted by atomic mass is 16.2. The average molecular weight is 283 g/mol. The first kappa shape index (κ1) is 14.4. The lowest BCUT2D eigenvalue weighted by Gasteiger charge is -2.10. The van der Waals surface area contributed by atoms with Gasteiger partial charge in [0, 0.05) is 12.6 Å². The molecule has 106 valence electrons. The summed E-state index contributed by atoms with van der Waals surface area (Å²) in [6.07, 6.45) is 2.95. The molecule has 0 aliphatic heterocycles. The molecule has 2 rings (SSSR count). The number of ketones is 1. The maximum atomic E-state index is 12.3. The summed E-state index contributed by atoms with van der Waals surface area (Å²) in [6, 6.07) is 6.75. The summed E-state index contributed by atoms with van der Waals surface area (Å²) in [5.41, 5.74) is 1.75. The van der Waals surface area contributed by atoms with Crippen molar-refractivity contribution in [1.29, 1.82) is 5.26 Å². The van der Waals surface area contributed by atoms with E-state index in [1.807, 2.05) is 0 Å². The summed E-state index contributed by atoms with van der Waals surface area (Å²) in [7, 11) is 1.39. The van der Waals surface area contributed by atoms with Gasteiger partial charge in [-0.3, -0.25) is 9.59 Å². The van der Waals surface area contributed by atoms with E-state index in [0.29, 0.717) is 11.1 Å². The number of amides is 1. The summed E-state index contributed by atoms with van der Waals surface area (Å²) in [4.78, 5) is 27.7. The van der Waals surface area contributed by atoms with E-state index in [9.17, 15) is 9.59 Å². The summed E-state index contributed by atoms with van der Waals surface area (Å²) in [6.45, 7) is 1.74. The van der Waals surface area contributed by atoms with Gasteiger partial charge in [0.1, 0.15) is 12.7 Å². The minimum Gasteiger partial charge on any atom is -0.358 e. The van der Waals surface area contributed by atoms with Crippen molar-refractivity contribution >= 4 is 11.7 Å². The van der Waals surface area contributed by atoms with Crippen LogP contribution in [0, 0.1) is 24.2 Å². The minimum absolute atomic E-state index is 0.342. The van der Waals surface area contributed by atoms with E-state index in [4.69, 9.17) is 5.26 Å². The molecule has 0 radical (unpaired) electrons. The van der Waals surface area contributed by atoms with Gasteiger partial charge >= 0.3 is 0 Å². The quantitative estimate of drug-likeness (QED) is 0.655. The van der Waals surface area contributed by atoms with Crippen LogP contribution < -0.4 is 5.32 Å². The molecule has 1 heterocycles. The summed E-state index contributed by atoms with van der Waals surface area (Å²) < 4.78 is 1.56. The maximum absolute atomic E-state index is 12.3. The van der Waals surface area contributed by atoms with Crippen LogP contribution in [0.25, 0.3) is 5.69 Å². The molecule has 1 unspecified atom stereocenters. The zero-order valence-electron chi connectivity index (χ0n) is 11.6. The van der Waals surface area contributed by atoms with Gasteiger partial charge in [-0.05, 0) is 30.7 Å². The summed E-state index contributed by atoms with van der Waals surface area (Å²) in [5, 5.41) is 15.3. The monoisotopic (exact) mass is 283 g/mol. The highest BCUT2D eigenvalue weighted by Crippen LogP contribution is 2.17. The molecule has 2 aromatic rings. The number of hydrogen-bond acceptors (Lipinski definition) is 5. The molecule has 0 fully saturated rings. The second kappa shape index (κ2) is 5.96. The van der Waals surface area contributed by atoms with Crippen LogP contribution in [0.15, 0.2) is 30.9 Å². The van der Waals surface area contributed by atoms with Gasteiger partial charge in [-0.25, -0.2) is 9.67 Å². The summed E-state index contributed by atoms with van der Waals surface area (Å²) in [5.74, 6) is -2.47. The van der Waals surface area contributed by atoms with E-state index < -0.39 is 17.6 Å². The first-order valence-electron chi connectivity index (χ1n) is 6.19. The number of carbonyl (C=O) groups is 2. The van der Waals surface area contributed by atoms with Crippen LogP contribution in [0.2, 0.25) is 0 Å². The van der Waals surface area contributed by atoms with Gasteiger partial charge in [0.05, 0.1) is 11.8 Å². The second-order valence-corrected chi connectivity index (χ2v) is 4.38. The Morgan fingerprint density at radius 3 is 2.71 bits per heavy atom.